The zero-order valence-corrected chi connectivity index (χ0v) is 15.2. The zero-order valence-electron chi connectivity index (χ0n) is 15.2. The molecule has 0 atom stereocenters. The number of anilines is 2. The number of nitrogens with zero attached hydrogens (tertiary/aromatic N) is 1. The summed E-state index contributed by atoms with van der Waals surface area (Å²) in [4.78, 5) is 41.7. The Morgan fingerprint density at radius 2 is 1.79 bits per heavy atom. The largest absolute Gasteiger partial charge is 0.370 e. The van der Waals surface area contributed by atoms with Crippen molar-refractivity contribution >= 4 is 34.1 Å². The molecule has 4 N–H and O–H groups in total. The number of aromatic amines is 1. The van der Waals surface area contributed by atoms with E-state index >= 15 is 0 Å². The summed E-state index contributed by atoms with van der Waals surface area (Å²) in [5.74, 6) is -1.11. The normalized spacial score (nSPS) is 13.6. The second-order valence-corrected chi connectivity index (χ2v) is 6.84. The first kappa shape index (κ1) is 17.8. The lowest BCUT2D eigenvalue weighted by Crippen LogP contribution is -2.25. The number of hydrogen-bond donors (Lipinski definition) is 3. The second-order valence-electron chi connectivity index (χ2n) is 6.84. The highest BCUT2D eigenvalue weighted by Crippen LogP contribution is 2.30. The molecule has 0 unspecified atom stereocenters. The molecule has 3 aromatic rings. The maximum Gasteiger partial charge on any atom is 0.261 e. The minimum Gasteiger partial charge on any atom is -0.370 e. The zero-order chi connectivity index (χ0) is 19.7. The maximum absolute atomic E-state index is 12.9. The molecule has 1 aliphatic rings. The topological polar surface area (TPSA) is 108 Å². The van der Waals surface area contributed by atoms with Crippen molar-refractivity contribution < 1.29 is 9.59 Å². The van der Waals surface area contributed by atoms with E-state index in [1.165, 1.54) is 0 Å². The number of pyridine rings is 1. The SMILES string of the molecule is NC(=O)c1ccc(N2CCCC2)c(NC(=O)c2cc3ccccc3[nH]c2=O)c1. The number of aromatic nitrogens is 1. The molecule has 142 valence electrons. The number of H-pyrrole nitrogens is 1. The summed E-state index contributed by atoms with van der Waals surface area (Å²) in [6.45, 7) is 1.74. The molecule has 1 saturated heterocycles. The predicted molar refractivity (Wildman–Crippen MR) is 109 cm³/mol. The molecule has 1 fully saturated rings. The molecule has 7 nitrogen and oxygen atoms in total. The average Bonchev–Trinajstić information content (AvgIpc) is 3.21. The summed E-state index contributed by atoms with van der Waals surface area (Å²) in [6, 6.07) is 13.8. The van der Waals surface area contributed by atoms with Crippen molar-refractivity contribution in [1.82, 2.24) is 4.98 Å². The standard InChI is InChI=1S/C21H20N4O3/c22-19(26)14-7-8-18(25-9-3-4-10-25)17(12-14)24-21(28)15-11-13-5-1-2-6-16(13)23-20(15)27/h1-2,5-8,11-12H,3-4,9-10H2,(H2,22,26)(H,23,27)(H,24,28). The van der Waals surface area contributed by atoms with Crippen LogP contribution in [0.5, 0.6) is 0 Å². The number of fused-ring (bicyclic) bond motifs is 1. The van der Waals surface area contributed by atoms with Gasteiger partial charge in [0.05, 0.1) is 11.4 Å². The van der Waals surface area contributed by atoms with Crippen LogP contribution >= 0.6 is 0 Å². The summed E-state index contributed by atoms with van der Waals surface area (Å²) < 4.78 is 0. The fraction of sp³-hybridized carbons (Fsp3) is 0.190. The van der Waals surface area contributed by atoms with Crippen LogP contribution < -0.4 is 21.5 Å². The molecule has 0 spiro atoms. The van der Waals surface area contributed by atoms with E-state index in [-0.39, 0.29) is 5.56 Å². The van der Waals surface area contributed by atoms with Gasteiger partial charge in [0, 0.05) is 24.2 Å². The lowest BCUT2D eigenvalue weighted by Gasteiger charge is -2.22. The van der Waals surface area contributed by atoms with E-state index in [2.05, 4.69) is 15.2 Å². The van der Waals surface area contributed by atoms with Gasteiger partial charge in [0.2, 0.25) is 5.91 Å². The van der Waals surface area contributed by atoms with Gasteiger partial charge >= 0.3 is 0 Å². The Hall–Kier alpha value is -3.61. The van der Waals surface area contributed by atoms with Crippen molar-refractivity contribution in [2.24, 2.45) is 5.73 Å². The molecule has 4 rings (SSSR count). The lowest BCUT2D eigenvalue weighted by atomic mass is 10.1. The van der Waals surface area contributed by atoms with Crippen molar-refractivity contribution in [3.8, 4) is 0 Å². The molecule has 0 aliphatic carbocycles. The van der Waals surface area contributed by atoms with E-state index in [4.69, 9.17) is 5.73 Å². The van der Waals surface area contributed by atoms with Gasteiger partial charge in [0.15, 0.2) is 0 Å². The number of nitrogens with two attached hydrogens (primary N) is 1. The summed E-state index contributed by atoms with van der Waals surface area (Å²) in [6.07, 6.45) is 2.13. The molecule has 28 heavy (non-hydrogen) atoms. The van der Waals surface area contributed by atoms with E-state index in [9.17, 15) is 14.4 Å². The van der Waals surface area contributed by atoms with Gasteiger partial charge in [-0.15, -0.1) is 0 Å². The van der Waals surface area contributed by atoms with Crippen molar-refractivity contribution in [1.29, 1.82) is 0 Å². The first-order chi connectivity index (χ1) is 13.5. The van der Waals surface area contributed by atoms with E-state index in [1.54, 1.807) is 30.3 Å². The molecule has 1 aromatic heterocycles. The minimum absolute atomic E-state index is 0.00977. The number of benzene rings is 2. The molecule has 0 radical (unpaired) electrons. The van der Waals surface area contributed by atoms with Crippen LogP contribution in [0.2, 0.25) is 0 Å². The Balaban J connectivity index is 1.72. The van der Waals surface area contributed by atoms with Gasteiger partial charge in [-0.05, 0) is 48.6 Å². The molecule has 1 aliphatic heterocycles. The van der Waals surface area contributed by atoms with Crippen molar-refractivity contribution in [3.63, 3.8) is 0 Å². The molecule has 2 aromatic carbocycles. The van der Waals surface area contributed by atoms with Crippen LogP contribution in [0.1, 0.15) is 33.6 Å². The summed E-state index contributed by atoms with van der Waals surface area (Å²) in [5.41, 5.74) is 7.18. The summed E-state index contributed by atoms with van der Waals surface area (Å²) in [7, 11) is 0. The molecule has 7 heteroatoms. The third-order valence-corrected chi connectivity index (χ3v) is 4.97. The first-order valence-corrected chi connectivity index (χ1v) is 9.15. The van der Waals surface area contributed by atoms with E-state index in [0.29, 0.717) is 16.8 Å². The fourth-order valence-corrected chi connectivity index (χ4v) is 3.53. The van der Waals surface area contributed by atoms with Crippen molar-refractivity contribution in [2.45, 2.75) is 12.8 Å². The quantitative estimate of drug-likeness (QED) is 0.650. The van der Waals surface area contributed by atoms with Crippen LogP contribution in [-0.2, 0) is 0 Å². The van der Waals surface area contributed by atoms with Crippen LogP contribution in [-0.4, -0.2) is 29.9 Å². The maximum atomic E-state index is 12.9. The Bertz CT molecular complexity index is 1130. The highest BCUT2D eigenvalue weighted by molar-refractivity contribution is 6.08. The highest BCUT2D eigenvalue weighted by atomic mass is 16.2. The van der Waals surface area contributed by atoms with Crippen LogP contribution in [0.3, 0.4) is 0 Å². The van der Waals surface area contributed by atoms with E-state index in [0.717, 1.165) is 37.0 Å². The van der Waals surface area contributed by atoms with Gasteiger partial charge in [0.25, 0.3) is 11.5 Å². The van der Waals surface area contributed by atoms with Gasteiger partial charge in [-0.3, -0.25) is 14.4 Å². The molecule has 2 heterocycles. The molecule has 0 saturated carbocycles. The fourth-order valence-electron chi connectivity index (χ4n) is 3.53. The Morgan fingerprint density at radius 3 is 2.54 bits per heavy atom. The molecular weight excluding hydrogens is 356 g/mol. The third-order valence-electron chi connectivity index (χ3n) is 4.97. The summed E-state index contributed by atoms with van der Waals surface area (Å²) in [5, 5.41) is 3.56. The number of carbonyl (C=O) groups is 2. The molecule has 0 bridgehead atoms. The second kappa shape index (κ2) is 7.19. The Kier molecular flexibility index (Phi) is 4.57. The number of rotatable bonds is 4. The van der Waals surface area contributed by atoms with Gasteiger partial charge in [-0.25, -0.2) is 0 Å². The van der Waals surface area contributed by atoms with Crippen LogP contribution in [0, 0.1) is 0 Å². The Morgan fingerprint density at radius 1 is 1.04 bits per heavy atom. The number of hydrogen-bond acceptors (Lipinski definition) is 4. The number of amides is 2. The van der Waals surface area contributed by atoms with E-state index < -0.39 is 17.4 Å². The van der Waals surface area contributed by atoms with Crippen LogP contribution in [0.15, 0.2) is 53.3 Å². The molecular formula is C21H20N4O3. The average molecular weight is 376 g/mol. The number of primary amides is 1. The highest BCUT2D eigenvalue weighted by Gasteiger charge is 2.20. The number of nitrogens with one attached hydrogen (secondary N) is 2. The monoisotopic (exact) mass is 376 g/mol. The summed E-state index contributed by atoms with van der Waals surface area (Å²) >= 11 is 0. The minimum atomic E-state index is -0.577. The molecule has 2 amide bonds. The van der Waals surface area contributed by atoms with E-state index in [1.807, 2.05) is 18.2 Å². The lowest BCUT2D eigenvalue weighted by molar-refractivity contribution is 0.0996. The van der Waals surface area contributed by atoms with Gasteiger partial charge in [-0.1, -0.05) is 18.2 Å². The third kappa shape index (κ3) is 3.34. The van der Waals surface area contributed by atoms with Gasteiger partial charge < -0.3 is 20.9 Å². The van der Waals surface area contributed by atoms with Crippen LogP contribution in [0.25, 0.3) is 10.9 Å². The van der Waals surface area contributed by atoms with Crippen molar-refractivity contribution in [3.05, 3.63) is 70.0 Å². The van der Waals surface area contributed by atoms with Gasteiger partial charge in [0.1, 0.15) is 5.56 Å². The van der Waals surface area contributed by atoms with Gasteiger partial charge in [-0.2, -0.15) is 0 Å². The van der Waals surface area contributed by atoms with Crippen molar-refractivity contribution in [2.75, 3.05) is 23.3 Å². The predicted octanol–water partition coefficient (Wildman–Crippen LogP) is 2.48. The Labute approximate surface area is 161 Å². The number of carbonyl (C=O) groups excluding carboxylic acids is 2. The smallest absolute Gasteiger partial charge is 0.261 e. The van der Waals surface area contributed by atoms with Crippen LogP contribution in [0.4, 0.5) is 11.4 Å². The number of para-hydroxylation sites is 1. The first-order valence-electron chi connectivity index (χ1n) is 9.15.